The molecule has 0 bridgehead atoms. The van der Waals surface area contributed by atoms with Crippen molar-refractivity contribution in [2.45, 2.75) is 4.87 Å². The lowest BCUT2D eigenvalue weighted by Crippen LogP contribution is -2.20. The molecule has 0 fully saturated rings. The van der Waals surface area contributed by atoms with E-state index in [0.29, 0.717) is 5.69 Å². The normalized spacial score (nSPS) is 13.2. The summed E-state index contributed by atoms with van der Waals surface area (Å²) in [5, 5.41) is 20.1. The van der Waals surface area contributed by atoms with Gasteiger partial charge in [0.2, 0.25) is 0 Å². The number of aromatic nitrogens is 1. The van der Waals surface area contributed by atoms with Crippen LogP contribution in [0.15, 0.2) is 42.6 Å². The molecule has 0 saturated heterocycles. The van der Waals surface area contributed by atoms with E-state index in [-0.39, 0.29) is 16.3 Å². The highest BCUT2D eigenvalue weighted by molar-refractivity contribution is 6.34. The van der Waals surface area contributed by atoms with Crippen molar-refractivity contribution in [3.8, 4) is 6.07 Å². The topological polar surface area (TPSA) is 79.8 Å². The van der Waals surface area contributed by atoms with Gasteiger partial charge in [0.1, 0.15) is 0 Å². The molecule has 100 valence electrons. The molecule has 0 amide bonds. The van der Waals surface area contributed by atoms with Gasteiger partial charge in [-0.2, -0.15) is 5.26 Å². The second-order valence-electron chi connectivity index (χ2n) is 3.91. The highest BCUT2D eigenvalue weighted by Crippen LogP contribution is 2.39. The predicted octanol–water partition coefficient (Wildman–Crippen LogP) is 3.65. The van der Waals surface area contributed by atoms with E-state index >= 15 is 0 Å². The van der Waals surface area contributed by atoms with Gasteiger partial charge in [-0.15, -0.1) is 0 Å². The number of hydrogen-bond donors (Lipinski definition) is 0. The molecule has 5 nitrogen and oxygen atoms in total. The summed E-state index contributed by atoms with van der Waals surface area (Å²) in [7, 11) is 0. The van der Waals surface area contributed by atoms with Crippen molar-refractivity contribution in [1.82, 2.24) is 4.98 Å². The molecule has 7 heteroatoms. The van der Waals surface area contributed by atoms with E-state index in [9.17, 15) is 15.4 Å². The van der Waals surface area contributed by atoms with Gasteiger partial charge in [0.15, 0.2) is 4.87 Å². The van der Waals surface area contributed by atoms with Crippen LogP contribution in [0.1, 0.15) is 11.3 Å². The van der Waals surface area contributed by atoms with Crippen LogP contribution in [0.2, 0.25) is 5.02 Å². The molecule has 1 unspecified atom stereocenters. The Morgan fingerprint density at radius 3 is 2.60 bits per heavy atom. The Hall–Kier alpha value is -2.16. The number of nitro benzene ring substituents is 1. The van der Waals surface area contributed by atoms with Crippen LogP contribution >= 0.6 is 23.2 Å². The summed E-state index contributed by atoms with van der Waals surface area (Å²) < 4.78 is 0. The van der Waals surface area contributed by atoms with Crippen LogP contribution in [0.5, 0.6) is 0 Å². The van der Waals surface area contributed by atoms with Gasteiger partial charge in [-0.3, -0.25) is 15.1 Å². The van der Waals surface area contributed by atoms with E-state index in [0.717, 1.165) is 6.07 Å². The zero-order valence-electron chi connectivity index (χ0n) is 9.96. The summed E-state index contributed by atoms with van der Waals surface area (Å²) in [5.41, 5.74) is 0.393. The lowest BCUT2D eigenvalue weighted by atomic mass is 9.95. The van der Waals surface area contributed by atoms with E-state index < -0.39 is 9.80 Å². The molecule has 1 aromatic heterocycles. The van der Waals surface area contributed by atoms with Crippen LogP contribution < -0.4 is 0 Å². The number of non-ortho nitro benzene ring substituents is 1. The first-order valence-corrected chi connectivity index (χ1v) is 6.20. The Labute approximate surface area is 124 Å². The summed E-state index contributed by atoms with van der Waals surface area (Å²) in [6.07, 6.45) is 1.50. The van der Waals surface area contributed by atoms with Crippen molar-refractivity contribution in [2.24, 2.45) is 0 Å². The molecule has 0 radical (unpaired) electrons. The minimum absolute atomic E-state index is 0.0430. The Bertz CT molecular complexity index is 701. The molecule has 0 aliphatic carbocycles. The summed E-state index contributed by atoms with van der Waals surface area (Å²) in [5.74, 6) is 0. The predicted molar refractivity (Wildman–Crippen MR) is 74.6 cm³/mol. The van der Waals surface area contributed by atoms with Crippen molar-refractivity contribution >= 4 is 28.9 Å². The van der Waals surface area contributed by atoms with Gasteiger partial charge in [-0.25, -0.2) is 0 Å². The first kappa shape index (κ1) is 14.3. The average molecular weight is 308 g/mol. The molecule has 2 aromatic rings. The number of hydrogen-bond acceptors (Lipinski definition) is 4. The number of benzene rings is 1. The fourth-order valence-electron chi connectivity index (χ4n) is 1.72. The minimum Gasteiger partial charge on any atom is -0.258 e. The van der Waals surface area contributed by atoms with E-state index in [4.69, 9.17) is 23.2 Å². The minimum atomic E-state index is -1.59. The van der Waals surface area contributed by atoms with E-state index in [1.807, 2.05) is 6.07 Å². The molecule has 0 aliphatic rings. The Morgan fingerprint density at radius 1 is 1.35 bits per heavy atom. The van der Waals surface area contributed by atoms with Crippen LogP contribution in [0.3, 0.4) is 0 Å². The monoisotopic (exact) mass is 307 g/mol. The third-order valence-electron chi connectivity index (χ3n) is 2.71. The van der Waals surface area contributed by atoms with Crippen LogP contribution in [0.4, 0.5) is 5.69 Å². The SMILES string of the molecule is N#CC(Cl)(c1ccccn1)c1ccc([N+](=O)[O-])cc1Cl. The van der Waals surface area contributed by atoms with Crippen LogP contribution in [-0.4, -0.2) is 9.91 Å². The largest absolute Gasteiger partial charge is 0.270 e. The van der Waals surface area contributed by atoms with Crippen molar-refractivity contribution in [3.63, 3.8) is 0 Å². The van der Waals surface area contributed by atoms with Gasteiger partial charge in [0.05, 0.1) is 21.7 Å². The molecular formula is C13H7Cl2N3O2. The molecule has 1 atom stereocenters. The van der Waals surface area contributed by atoms with Gasteiger partial charge >= 0.3 is 0 Å². The van der Waals surface area contributed by atoms with Gasteiger partial charge in [-0.1, -0.05) is 29.3 Å². The number of nitrogens with zero attached hydrogens (tertiary/aromatic N) is 3. The highest BCUT2D eigenvalue weighted by Gasteiger charge is 2.36. The van der Waals surface area contributed by atoms with Crippen molar-refractivity contribution in [1.29, 1.82) is 5.26 Å². The van der Waals surface area contributed by atoms with Gasteiger partial charge in [0, 0.05) is 23.9 Å². The number of nitro groups is 1. The van der Waals surface area contributed by atoms with Crippen LogP contribution in [-0.2, 0) is 4.87 Å². The fraction of sp³-hybridized carbons (Fsp3) is 0.0769. The summed E-state index contributed by atoms with van der Waals surface area (Å²) in [4.78, 5) is 12.6. The first-order chi connectivity index (χ1) is 9.49. The number of pyridine rings is 1. The van der Waals surface area contributed by atoms with Crippen molar-refractivity contribution in [2.75, 3.05) is 0 Å². The number of nitriles is 1. The maximum atomic E-state index is 10.7. The third-order valence-corrected chi connectivity index (χ3v) is 3.50. The Kier molecular flexibility index (Phi) is 3.89. The van der Waals surface area contributed by atoms with Crippen molar-refractivity contribution < 1.29 is 4.92 Å². The number of alkyl halides is 1. The smallest absolute Gasteiger partial charge is 0.258 e. The lowest BCUT2D eigenvalue weighted by Gasteiger charge is -2.19. The quantitative estimate of drug-likeness (QED) is 0.492. The summed E-state index contributed by atoms with van der Waals surface area (Å²) >= 11 is 12.4. The molecule has 2 rings (SSSR count). The van der Waals surface area contributed by atoms with Crippen LogP contribution in [0, 0.1) is 21.4 Å². The Balaban J connectivity index is 2.59. The molecule has 0 spiro atoms. The standard InChI is InChI=1S/C13H7Cl2N3O2/c14-11-7-9(18(19)20)4-5-10(11)13(15,8-16)12-3-1-2-6-17-12/h1-7H. The molecule has 1 aromatic carbocycles. The van der Waals surface area contributed by atoms with Crippen molar-refractivity contribution in [3.05, 3.63) is 69.0 Å². The molecule has 20 heavy (non-hydrogen) atoms. The molecule has 0 aliphatic heterocycles. The highest BCUT2D eigenvalue weighted by atomic mass is 35.5. The maximum absolute atomic E-state index is 10.7. The third kappa shape index (κ3) is 2.44. The number of halogens is 2. The van der Waals surface area contributed by atoms with E-state index in [1.54, 1.807) is 18.2 Å². The summed E-state index contributed by atoms with van der Waals surface area (Å²) in [6.45, 7) is 0. The maximum Gasteiger partial charge on any atom is 0.270 e. The number of rotatable bonds is 3. The first-order valence-electron chi connectivity index (χ1n) is 5.45. The second-order valence-corrected chi connectivity index (χ2v) is 4.88. The fourth-order valence-corrected chi connectivity index (χ4v) is 2.36. The van der Waals surface area contributed by atoms with Gasteiger partial charge < -0.3 is 0 Å². The van der Waals surface area contributed by atoms with E-state index in [2.05, 4.69) is 4.98 Å². The molecule has 0 saturated carbocycles. The second kappa shape index (κ2) is 5.45. The average Bonchev–Trinajstić information content (AvgIpc) is 2.47. The molecule has 0 N–H and O–H groups in total. The van der Waals surface area contributed by atoms with E-state index in [1.165, 1.54) is 18.3 Å². The Morgan fingerprint density at radius 2 is 2.10 bits per heavy atom. The zero-order valence-corrected chi connectivity index (χ0v) is 11.5. The molecule has 1 heterocycles. The van der Waals surface area contributed by atoms with Crippen LogP contribution in [0.25, 0.3) is 0 Å². The molecular weight excluding hydrogens is 301 g/mol. The zero-order chi connectivity index (χ0) is 14.8. The van der Waals surface area contributed by atoms with Gasteiger partial charge in [-0.05, 0) is 18.2 Å². The van der Waals surface area contributed by atoms with Gasteiger partial charge in [0.25, 0.3) is 5.69 Å². The lowest BCUT2D eigenvalue weighted by molar-refractivity contribution is -0.384. The summed E-state index contributed by atoms with van der Waals surface area (Å²) in [6, 6.07) is 10.7.